The van der Waals surface area contributed by atoms with Crippen molar-refractivity contribution in [3.63, 3.8) is 0 Å². The average Bonchev–Trinajstić information content (AvgIpc) is 2.74. The molecule has 22 heavy (non-hydrogen) atoms. The lowest BCUT2D eigenvalue weighted by Gasteiger charge is -2.13. The zero-order valence-corrected chi connectivity index (χ0v) is 13.9. The molecule has 0 fully saturated rings. The van der Waals surface area contributed by atoms with E-state index in [-0.39, 0.29) is 11.9 Å². The predicted octanol–water partition coefficient (Wildman–Crippen LogP) is 3.17. The maximum atomic E-state index is 12.4. The molecular weight excluding hydrogens is 276 g/mol. The van der Waals surface area contributed by atoms with E-state index in [4.69, 9.17) is 4.74 Å². The molecule has 118 valence electrons. The summed E-state index contributed by atoms with van der Waals surface area (Å²) in [5.41, 5.74) is 4.99. The highest BCUT2D eigenvalue weighted by Gasteiger charge is 2.18. The van der Waals surface area contributed by atoms with Gasteiger partial charge in [-0.1, -0.05) is 12.1 Å². The summed E-state index contributed by atoms with van der Waals surface area (Å²) in [6.07, 6.45) is 0. The number of aromatic nitrogens is 1. The lowest BCUT2D eigenvalue weighted by atomic mass is 10.2. The standard InChI is InChI=1S/C18H24N2O2/c1-12-7-6-8-16(9-12)20-14(3)10-17(15(20)4)18(21)19-13(2)11-22-5/h6-10,13H,11H2,1-5H3,(H,19,21). The van der Waals surface area contributed by atoms with Gasteiger partial charge in [0.25, 0.3) is 5.91 Å². The number of carbonyl (C=O) groups excluding carboxylic acids is 1. The molecule has 1 amide bonds. The molecule has 0 aliphatic carbocycles. The van der Waals surface area contributed by atoms with Crippen molar-refractivity contribution in [2.75, 3.05) is 13.7 Å². The SMILES string of the molecule is COCC(C)NC(=O)c1cc(C)n(-c2cccc(C)c2)c1C. The largest absolute Gasteiger partial charge is 0.383 e. The molecule has 0 radical (unpaired) electrons. The van der Waals surface area contributed by atoms with E-state index < -0.39 is 0 Å². The van der Waals surface area contributed by atoms with Crippen LogP contribution in [0, 0.1) is 20.8 Å². The second kappa shape index (κ2) is 6.79. The second-order valence-electron chi connectivity index (χ2n) is 5.79. The number of nitrogens with zero attached hydrogens (tertiary/aromatic N) is 1. The minimum Gasteiger partial charge on any atom is -0.383 e. The number of ether oxygens (including phenoxy) is 1. The van der Waals surface area contributed by atoms with Crippen LogP contribution >= 0.6 is 0 Å². The Morgan fingerprint density at radius 2 is 2.00 bits per heavy atom. The average molecular weight is 300 g/mol. The Balaban J connectivity index is 2.33. The first-order valence-electron chi connectivity index (χ1n) is 7.49. The lowest BCUT2D eigenvalue weighted by molar-refractivity contribution is 0.0905. The zero-order valence-electron chi connectivity index (χ0n) is 13.9. The molecule has 1 atom stereocenters. The summed E-state index contributed by atoms with van der Waals surface area (Å²) in [7, 11) is 1.63. The van der Waals surface area contributed by atoms with Crippen LogP contribution in [0.1, 0.15) is 34.2 Å². The van der Waals surface area contributed by atoms with Gasteiger partial charge in [-0.25, -0.2) is 0 Å². The van der Waals surface area contributed by atoms with Gasteiger partial charge >= 0.3 is 0 Å². The Hall–Kier alpha value is -2.07. The number of rotatable bonds is 5. The minimum absolute atomic E-state index is 0.0143. The van der Waals surface area contributed by atoms with Crippen molar-refractivity contribution in [3.8, 4) is 5.69 Å². The van der Waals surface area contributed by atoms with Crippen LogP contribution in [0.2, 0.25) is 0 Å². The van der Waals surface area contributed by atoms with Crippen LogP contribution in [0.25, 0.3) is 5.69 Å². The fourth-order valence-electron chi connectivity index (χ4n) is 2.75. The van der Waals surface area contributed by atoms with Gasteiger partial charge in [0.05, 0.1) is 12.2 Å². The van der Waals surface area contributed by atoms with Crippen LogP contribution in [-0.2, 0) is 4.74 Å². The number of nitrogens with one attached hydrogen (secondary N) is 1. The molecular formula is C18H24N2O2. The van der Waals surface area contributed by atoms with Crippen molar-refractivity contribution in [2.24, 2.45) is 0 Å². The molecule has 4 nitrogen and oxygen atoms in total. The first kappa shape index (κ1) is 16.3. The van der Waals surface area contributed by atoms with Gasteiger partial charge in [-0.2, -0.15) is 0 Å². The summed E-state index contributed by atoms with van der Waals surface area (Å²) >= 11 is 0. The third-order valence-corrected chi connectivity index (χ3v) is 3.73. The van der Waals surface area contributed by atoms with Gasteiger partial charge in [-0.3, -0.25) is 4.79 Å². The van der Waals surface area contributed by atoms with Gasteiger partial charge in [-0.15, -0.1) is 0 Å². The highest BCUT2D eigenvalue weighted by molar-refractivity contribution is 5.96. The number of hydrogen-bond acceptors (Lipinski definition) is 2. The van der Waals surface area contributed by atoms with Crippen molar-refractivity contribution < 1.29 is 9.53 Å². The summed E-state index contributed by atoms with van der Waals surface area (Å²) in [6.45, 7) is 8.50. The van der Waals surface area contributed by atoms with Gasteiger partial charge in [0.2, 0.25) is 0 Å². The van der Waals surface area contributed by atoms with Gasteiger partial charge in [-0.05, 0) is 51.5 Å². The smallest absolute Gasteiger partial charge is 0.253 e. The number of hydrogen-bond donors (Lipinski definition) is 1. The molecule has 1 heterocycles. The van der Waals surface area contributed by atoms with E-state index in [9.17, 15) is 4.79 Å². The predicted molar refractivity (Wildman–Crippen MR) is 88.8 cm³/mol. The molecule has 1 aromatic carbocycles. The van der Waals surface area contributed by atoms with E-state index in [0.29, 0.717) is 12.2 Å². The van der Waals surface area contributed by atoms with Gasteiger partial charge in [0, 0.05) is 30.2 Å². The Kier molecular flexibility index (Phi) is 5.03. The van der Waals surface area contributed by atoms with Crippen LogP contribution in [0.3, 0.4) is 0 Å². The second-order valence-corrected chi connectivity index (χ2v) is 5.79. The minimum atomic E-state index is -0.0587. The van der Waals surface area contributed by atoms with Crippen molar-refractivity contribution >= 4 is 5.91 Å². The third-order valence-electron chi connectivity index (χ3n) is 3.73. The highest BCUT2D eigenvalue weighted by Crippen LogP contribution is 2.21. The number of benzene rings is 1. The number of carbonyl (C=O) groups is 1. The Bertz CT molecular complexity index is 674. The van der Waals surface area contributed by atoms with Gasteiger partial charge in [0.15, 0.2) is 0 Å². The molecule has 1 unspecified atom stereocenters. The van der Waals surface area contributed by atoms with Crippen molar-refractivity contribution in [1.29, 1.82) is 0 Å². The van der Waals surface area contributed by atoms with Crippen LogP contribution in [0.15, 0.2) is 30.3 Å². The van der Waals surface area contributed by atoms with E-state index in [1.165, 1.54) is 5.56 Å². The number of amides is 1. The van der Waals surface area contributed by atoms with E-state index in [1.807, 2.05) is 32.9 Å². The Morgan fingerprint density at radius 1 is 1.27 bits per heavy atom. The summed E-state index contributed by atoms with van der Waals surface area (Å²) < 4.78 is 7.18. The molecule has 1 aromatic heterocycles. The van der Waals surface area contributed by atoms with E-state index in [0.717, 1.165) is 17.1 Å². The van der Waals surface area contributed by atoms with E-state index in [2.05, 4.69) is 35.0 Å². The lowest BCUT2D eigenvalue weighted by Crippen LogP contribution is -2.35. The fraction of sp³-hybridized carbons (Fsp3) is 0.389. The van der Waals surface area contributed by atoms with Crippen molar-refractivity contribution in [1.82, 2.24) is 9.88 Å². The summed E-state index contributed by atoms with van der Waals surface area (Å²) in [6, 6.07) is 10.2. The maximum absolute atomic E-state index is 12.4. The van der Waals surface area contributed by atoms with Gasteiger partial charge < -0.3 is 14.6 Å². The topological polar surface area (TPSA) is 43.3 Å². The highest BCUT2D eigenvalue weighted by atomic mass is 16.5. The first-order chi connectivity index (χ1) is 10.4. The molecule has 0 saturated carbocycles. The zero-order chi connectivity index (χ0) is 16.3. The molecule has 0 aliphatic heterocycles. The van der Waals surface area contributed by atoms with Crippen molar-refractivity contribution in [2.45, 2.75) is 33.7 Å². The van der Waals surface area contributed by atoms with Crippen LogP contribution in [0.5, 0.6) is 0 Å². The summed E-state index contributed by atoms with van der Waals surface area (Å²) in [5.74, 6) is -0.0587. The Labute approximate surface area is 132 Å². The monoisotopic (exact) mass is 300 g/mol. The Morgan fingerprint density at radius 3 is 2.64 bits per heavy atom. The molecule has 2 rings (SSSR count). The molecule has 0 bridgehead atoms. The van der Waals surface area contributed by atoms with Crippen LogP contribution in [0.4, 0.5) is 0 Å². The summed E-state index contributed by atoms with van der Waals surface area (Å²) in [4.78, 5) is 12.4. The quantitative estimate of drug-likeness (QED) is 0.921. The number of methoxy groups -OCH3 is 1. The van der Waals surface area contributed by atoms with Crippen LogP contribution < -0.4 is 5.32 Å². The van der Waals surface area contributed by atoms with Crippen molar-refractivity contribution in [3.05, 3.63) is 52.8 Å². The fourth-order valence-corrected chi connectivity index (χ4v) is 2.75. The molecule has 0 aliphatic rings. The third kappa shape index (κ3) is 3.39. The van der Waals surface area contributed by atoms with Crippen LogP contribution in [-0.4, -0.2) is 30.2 Å². The first-order valence-corrected chi connectivity index (χ1v) is 7.49. The van der Waals surface area contributed by atoms with E-state index in [1.54, 1.807) is 7.11 Å². The molecule has 0 saturated heterocycles. The molecule has 4 heteroatoms. The molecule has 0 spiro atoms. The maximum Gasteiger partial charge on any atom is 0.253 e. The summed E-state index contributed by atoms with van der Waals surface area (Å²) in [5, 5.41) is 2.96. The number of aryl methyl sites for hydroxylation is 2. The molecule has 1 N–H and O–H groups in total. The van der Waals surface area contributed by atoms with E-state index >= 15 is 0 Å². The molecule has 2 aromatic rings. The normalized spacial score (nSPS) is 12.2. The van der Waals surface area contributed by atoms with Gasteiger partial charge in [0.1, 0.15) is 0 Å².